The van der Waals surface area contributed by atoms with Gasteiger partial charge in [-0.3, -0.25) is 0 Å². The lowest BCUT2D eigenvalue weighted by Crippen LogP contribution is -2.12. The van der Waals surface area contributed by atoms with E-state index in [0.717, 1.165) is 11.3 Å². The minimum Gasteiger partial charge on any atom is -0.497 e. The Morgan fingerprint density at radius 3 is 2.67 bits per heavy atom. The zero-order valence-corrected chi connectivity index (χ0v) is 11.7. The average Bonchev–Trinajstić information content (AvgIpc) is 2.91. The summed E-state index contributed by atoms with van der Waals surface area (Å²) in [5.74, 6) is 0.822. The van der Waals surface area contributed by atoms with Crippen molar-refractivity contribution in [3.05, 3.63) is 47.9 Å². The molecule has 0 saturated carbocycles. The van der Waals surface area contributed by atoms with Crippen molar-refractivity contribution in [3.63, 3.8) is 0 Å². The first-order valence-electron chi connectivity index (χ1n) is 6.55. The van der Waals surface area contributed by atoms with Crippen LogP contribution in [-0.4, -0.2) is 34.6 Å². The number of aliphatic hydroxyl groups is 1. The van der Waals surface area contributed by atoms with Gasteiger partial charge in [-0.2, -0.15) is 0 Å². The molecule has 1 N–H and O–H groups in total. The molecule has 0 aliphatic rings. The minimum atomic E-state index is -0.148. The largest absolute Gasteiger partial charge is 0.497 e. The molecule has 2 heterocycles. The molecule has 21 heavy (non-hydrogen) atoms. The van der Waals surface area contributed by atoms with Crippen LogP contribution in [0.2, 0.25) is 0 Å². The first kappa shape index (κ1) is 13.6. The molecule has 3 rings (SSSR count). The SMILES string of the molecule is [B]c1cnc2c(ncn2Cc2ccc(OC)cc2)c1CO. The lowest BCUT2D eigenvalue weighted by molar-refractivity contribution is 0.284. The van der Waals surface area contributed by atoms with Crippen LogP contribution in [0.5, 0.6) is 5.75 Å². The molecule has 1 aromatic carbocycles. The molecule has 3 aromatic rings. The fraction of sp³-hybridized carbons (Fsp3) is 0.200. The molecule has 6 heteroatoms. The Balaban J connectivity index is 1.97. The molecule has 0 unspecified atom stereocenters. The van der Waals surface area contributed by atoms with Crippen molar-refractivity contribution in [2.75, 3.05) is 7.11 Å². The van der Waals surface area contributed by atoms with Crippen LogP contribution in [0.4, 0.5) is 0 Å². The molecule has 0 bridgehead atoms. The van der Waals surface area contributed by atoms with Crippen molar-refractivity contribution in [3.8, 4) is 5.75 Å². The zero-order valence-electron chi connectivity index (χ0n) is 11.7. The summed E-state index contributed by atoms with van der Waals surface area (Å²) < 4.78 is 7.07. The van der Waals surface area contributed by atoms with Crippen molar-refractivity contribution >= 4 is 24.5 Å². The normalized spacial score (nSPS) is 11.0. The molecular weight excluding hydrogens is 265 g/mol. The smallest absolute Gasteiger partial charge is 0.160 e. The van der Waals surface area contributed by atoms with Gasteiger partial charge >= 0.3 is 0 Å². The summed E-state index contributed by atoms with van der Waals surface area (Å²) in [5, 5.41) is 9.40. The van der Waals surface area contributed by atoms with Gasteiger partial charge in [-0.15, -0.1) is 0 Å². The number of benzene rings is 1. The number of imidazole rings is 1. The van der Waals surface area contributed by atoms with Gasteiger partial charge in [-0.1, -0.05) is 17.6 Å². The summed E-state index contributed by atoms with van der Waals surface area (Å²) in [6.45, 7) is 0.493. The molecule has 0 spiro atoms. The molecule has 104 valence electrons. The van der Waals surface area contributed by atoms with Crippen LogP contribution in [-0.2, 0) is 13.2 Å². The second-order valence-corrected chi connectivity index (χ2v) is 4.74. The second-order valence-electron chi connectivity index (χ2n) is 4.74. The van der Waals surface area contributed by atoms with Gasteiger partial charge in [0.05, 0.1) is 26.6 Å². The van der Waals surface area contributed by atoms with E-state index in [1.54, 1.807) is 19.6 Å². The number of hydrogen-bond acceptors (Lipinski definition) is 4. The Morgan fingerprint density at radius 2 is 2.00 bits per heavy atom. The lowest BCUT2D eigenvalue weighted by Gasteiger charge is -2.07. The van der Waals surface area contributed by atoms with E-state index in [1.807, 2.05) is 28.8 Å². The Labute approximate surface area is 123 Å². The average molecular weight is 279 g/mol. The van der Waals surface area contributed by atoms with Gasteiger partial charge in [-0.05, 0) is 17.7 Å². The third kappa shape index (κ3) is 2.50. The predicted molar refractivity (Wildman–Crippen MR) is 80.9 cm³/mol. The summed E-state index contributed by atoms with van der Waals surface area (Å²) in [6.07, 6.45) is 3.26. The van der Waals surface area contributed by atoms with E-state index in [4.69, 9.17) is 12.6 Å². The predicted octanol–water partition coefficient (Wildman–Crippen LogP) is 0.774. The highest BCUT2D eigenvalue weighted by Gasteiger charge is 2.10. The molecule has 0 aliphatic heterocycles. The van der Waals surface area contributed by atoms with Crippen LogP contribution in [0.3, 0.4) is 0 Å². The molecule has 2 aromatic heterocycles. The van der Waals surface area contributed by atoms with E-state index < -0.39 is 0 Å². The van der Waals surface area contributed by atoms with Crippen LogP contribution in [0.25, 0.3) is 11.2 Å². The second kappa shape index (κ2) is 5.57. The number of hydrogen-bond donors (Lipinski definition) is 1. The van der Waals surface area contributed by atoms with Gasteiger partial charge in [0, 0.05) is 11.8 Å². The first-order chi connectivity index (χ1) is 10.2. The van der Waals surface area contributed by atoms with Crippen LogP contribution < -0.4 is 10.2 Å². The fourth-order valence-electron chi connectivity index (χ4n) is 2.28. The lowest BCUT2D eigenvalue weighted by atomic mass is 9.92. The van der Waals surface area contributed by atoms with E-state index in [0.29, 0.717) is 28.7 Å². The van der Waals surface area contributed by atoms with Crippen molar-refractivity contribution in [1.29, 1.82) is 0 Å². The maximum Gasteiger partial charge on any atom is 0.160 e. The Hall–Kier alpha value is -2.34. The van der Waals surface area contributed by atoms with Crippen LogP contribution in [0.1, 0.15) is 11.1 Å². The molecule has 0 amide bonds. The Morgan fingerprint density at radius 1 is 1.24 bits per heavy atom. The minimum absolute atomic E-state index is 0.148. The highest BCUT2D eigenvalue weighted by Crippen LogP contribution is 2.17. The van der Waals surface area contributed by atoms with Crippen LogP contribution in [0.15, 0.2) is 36.8 Å². The fourth-order valence-corrected chi connectivity index (χ4v) is 2.28. The van der Waals surface area contributed by atoms with Crippen molar-refractivity contribution in [1.82, 2.24) is 14.5 Å². The molecule has 2 radical (unpaired) electrons. The maximum absolute atomic E-state index is 9.40. The van der Waals surface area contributed by atoms with Gasteiger partial charge in [0.2, 0.25) is 0 Å². The number of pyridine rings is 1. The summed E-state index contributed by atoms with van der Waals surface area (Å²) in [4.78, 5) is 8.63. The topological polar surface area (TPSA) is 60.2 Å². The van der Waals surface area contributed by atoms with E-state index in [1.165, 1.54) is 0 Å². The van der Waals surface area contributed by atoms with Gasteiger partial charge in [0.15, 0.2) is 5.65 Å². The van der Waals surface area contributed by atoms with E-state index in [-0.39, 0.29) is 6.61 Å². The molecule has 0 atom stereocenters. The Kier molecular flexibility index (Phi) is 3.62. The summed E-state index contributed by atoms with van der Waals surface area (Å²) >= 11 is 0. The number of aromatic nitrogens is 3. The molecular formula is C15H14BN3O2. The standard InChI is InChI=1S/C15H14BN3O2/c1-21-11-4-2-10(3-5-11)7-19-9-18-14-12(8-20)13(16)6-17-15(14)19/h2-6,9,20H,7-8H2,1H3. The molecule has 0 aliphatic carbocycles. The third-order valence-corrected chi connectivity index (χ3v) is 3.44. The van der Waals surface area contributed by atoms with E-state index in [9.17, 15) is 5.11 Å². The summed E-state index contributed by atoms with van der Waals surface area (Å²) in [7, 11) is 7.45. The van der Waals surface area contributed by atoms with E-state index >= 15 is 0 Å². The summed E-state index contributed by atoms with van der Waals surface area (Å²) in [6, 6.07) is 7.82. The van der Waals surface area contributed by atoms with Gasteiger partial charge in [-0.25, -0.2) is 9.97 Å². The van der Waals surface area contributed by atoms with Crippen molar-refractivity contribution < 1.29 is 9.84 Å². The highest BCUT2D eigenvalue weighted by molar-refractivity contribution is 6.34. The van der Waals surface area contributed by atoms with Crippen molar-refractivity contribution in [2.24, 2.45) is 0 Å². The molecule has 0 saturated heterocycles. The van der Waals surface area contributed by atoms with Crippen LogP contribution in [0, 0.1) is 0 Å². The number of methoxy groups -OCH3 is 1. The van der Waals surface area contributed by atoms with Gasteiger partial charge in [0.1, 0.15) is 19.1 Å². The maximum atomic E-state index is 9.40. The van der Waals surface area contributed by atoms with Crippen LogP contribution >= 0.6 is 0 Å². The number of fused-ring (bicyclic) bond motifs is 1. The molecule has 0 fully saturated rings. The van der Waals surface area contributed by atoms with Gasteiger partial charge < -0.3 is 14.4 Å². The number of aliphatic hydroxyl groups excluding tert-OH is 1. The monoisotopic (exact) mass is 279 g/mol. The summed E-state index contributed by atoms with van der Waals surface area (Å²) in [5.41, 5.74) is 3.54. The Bertz CT molecular complexity index is 768. The van der Waals surface area contributed by atoms with Gasteiger partial charge in [0.25, 0.3) is 0 Å². The quantitative estimate of drug-likeness (QED) is 0.717. The third-order valence-electron chi connectivity index (χ3n) is 3.44. The van der Waals surface area contributed by atoms with Crippen molar-refractivity contribution in [2.45, 2.75) is 13.2 Å². The highest BCUT2D eigenvalue weighted by atomic mass is 16.5. The first-order valence-corrected chi connectivity index (χ1v) is 6.55. The number of ether oxygens (including phenoxy) is 1. The number of nitrogens with zero attached hydrogens (tertiary/aromatic N) is 3. The molecule has 5 nitrogen and oxygen atoms in total. The van der Waals surface area contributed by atoms with E-state index in [2.05, 4.69) is 9.97 Å². The zero-order chi connectivity index (χ0) is 14.8. The number of rotatable bonds is 4.